The van der Waals surface area contributed by atoms with Crippen molar-refractivity contribution in [3.8, 4) is 0 Å². The maximum absolute atomic E-state index is 12.1. The number of primary amides is 1. The number of benzene rings is 1. The van der Waals surface area contributed by atoms with E-state index < -0.39 is 5.54 Å². The minimum atomic E-state index is -0.625. The maximum atomic E-state index is 12.1. The van der Waals surface area contributed by atoms with Crippen LogP contribution in [0.5, 0.6) is 0 Å². The lowest BCUT2D eigenvalue weighted by molar-refractivity contribution is -0.128. The summed E-state index contributed by atoms with van der Waals surface area (Å²) < 4.78 is 0.965. The molecule has 4 rings (SSSR count). The van der Waals surface area contributed by atoms with Crippen molar-refractivity contribution >= 4 is 27.5 Å². The fraction of sp³-hybridized carbons (Fsp3) is 0.500. The molecule has 3 N–H and O–H groups in total. The summed E-state index contributed by atoms with van der Waals surface area (Å²) >= 11 is 3.52. The summed E-state index contributed by atoms with van der Waals surface area (Å²) in [6, 6.07) is 7.87. The number of rotatable bonds is 3. The number of piperidine rings is 3. The minimum absolute atomic E-state index is 0.238. The molecule has 0 spiro atoms. The molecule has 1 unspecified atom stereocenters. The van der Waals surface area contributed by atoms with Crippen LogP contribution < -0.4 is 11.1 Å². The Hall–Kier alpha value is -1.07. The Morgan fingerprint density at radius 3 is 2.58 bits per heavy atom. The second-order valence-electron chi connectivity index (χ2n) is 5.49. The first kappa shape index (κ1) is 12.9. The molecule has 102 valence electrons. The van der Waals surface area contributed by atoms with Crippen molar-refractivity contribution in [1.82, 2.24) is 4.90 Å². The van der Waals surface area contributed by atoms with Gasteiger partial charge in [0.15, 0.2) is 0 Å². The monoisotopic (exact) mass is 323 g/mol. The van der Waals surface area contributed by atoms with Crippen LogP contribution in [0, 0.1) is 5.92 Å². The Morgan fingerprint density at radius 1 is 1.37 bits per heavy atom. The minimum Gasteiger partial charge on any atom is -0.369 e. The molecule has 3 fully saturated rings. The van der Waals surface area contributed by atoms with Gasteiger partial charge in [-0.1, -0.05) is 12.1 Å². The van der Waals surface area contributed by atoms with E-state index in [9.17, 15) is 4.79 Å². The molecular formula is C14H18BrN3O. The van der Waals surface area contributed by atoms with Crippen LogP contribution in [-0.4, -0.2) is 36.0 Å². The third kappa shape index (κ3) is 2.15. The van der Waals surface area contributed by atoms with Crippen molar-refractivity contribution in [3.05, 3.63) is 28.7 Å². The number of carbonyl (C=O) groups is 1. The molecule has 3 heterocycles. The van der Waals surface area contributed by atoms with Crippen LogP contribution in [0.2, 0.25) is 0 Å². The fourth-order valence-corrected chi connectivity index (χ4v) is 3.73. The van der Waals surface area contributed by atoms with Gasteiger partial charge in [-0.05, 0) is 59.9 Å². The Labute approximate surface area is 121 Å². The van der Waals surface area contributed by atoms with Gasteiger partial charge in [0.2, 0.25) is 5.91 Å². The van der Waals surface area contributed by atoms with Crippen molar-refractivity contribution < 1.29 is 4.79 Å². The highest BCUT2D eigenvalue weighted by Crippen LogP contribution is 2.39. The highest BCUT2D eigenvalue weighted by molar-refractivity contribution is 9.10. The van der Waals surface area contributed by atoms with Crippen molar-refractivity contribution in [2.75, 3.05) is 25.0 Å². The maximum Gasteiger partial charge on any atom is 0.244 e. The largest absolute Gasteiger partial charge is 0.369 e. The number of nitrogens with two attached hydrogens (primary N) is 1. The third-order valence-corrected chi connectivity index (χ3v) is 5.12. The van der Waals surface area contributed by atoms with Gasteiger partial charge in [0, 0.05) is 16.7 Å². The first-order chi connectivity index (χ1) is 9.12. The van der Waals surface area contributed by atoms with Crippen LogP contribution in [0.25, 0.3) is 0 Å². The Bertz CT molecular complexity index is 499. The van der Waals surface area contributed by atoms with Crippen LogP contribution >= 0.6 is 15.9 Å². The van der Waals surface area contributed by atoms with E-state index in [0.29, 0.717) is 12.5 Å². The predicted octanol–water partition coefficient (Wildman–Crippen LogP) is 1.81. The molecular weight excluding hydrogens is 306 g/mol. The predicted molar refractivity (Wildman–Crippen MR) is 78.9 cm³/mol. The molecule has 4 nitrogen and oxygen atoms in total. The van der Waals surface area contributed by atoms with Crippen molar-refractivity contribution in [1.29, 1.82) is 0 Å². The third-order valence-electron chi connectivity index (χ3n) is 4.43. The van der Waals surface area contributed by atoms with Crippen LogP contribution in [0.15, 0.2) is 28.7 Å². The van der Waals surface area contributed by atoms with E-state index in [2.05, 4.69) is 26.1 Å². The van der Waals surface area contributed by atoms with Gasteiger partial charge in [0.1, 0.15) is 5.54 Å². The molecule has 3 saturated heterocycles. The summed E-state index contributed by atoms with van der Waals surface area (Å²) in [7, 11) is 0. The van der Waals surface area contributed by atoms with Crippen LogP contribution in [-0.2, 0) is 4.79 Å². The van der Waals surface area contributed by atoms with Crippen molar-refractivity contribution in [2.24, 2.45) is 11.7 Å². The first-order valence-electron chi connectivity index (χ1n) is 6.67. The molecule has 2 bridgehead atoms. The average Bonchev–Trinajstić information content (AvgIpc) is 2.42. The smallest absolute Gasteiger partial charge is 0.244 e. The van der Waals surface area contributed by atoms with Gasteiger partial charge in [-0.2, -0.15) is 0 Å². The molecule has 1 atom stereocenters. The number of hydrogen-bond donors (Lipinski definition) is 2. The number of amides is 1. The van der Waals surface area contributed by atoms with Gasteiger partial charge in [-0.15, -0.1) is 0 Å². The number of nitrogens with one attached hydrogen (secondary N) is 1. The fourth-order valence-electron chi connectivity index (χ4n) is 3.35. The summed E-state index contributed by atoms with van der Waals surface area (Å²) in [5.74, 6) is 0.0970. The van der Waals surface area contributed by atoms with Gasteiger partial charge in [-0.3, -0.25) is 4.79 Å². The zero-order valence-corrected chi connectivity index (χ0v) is 12.3. The summed E-state index contributed by atoms with van der Waals surface area (Å²) in [5, 5.41) is 3.43. The number of carbonyl (C=O) groups excluding carboxylic acids is 1. The molecule has 1 amide bonds. The lowest BCUT2D eigenvalue weighted by atomic mass is 9.72. The molecule has 1 aromatic carbocycles. The highest BCUT2D eigenvalue weighted by Gasteiger charge is 2.51. The lowest BCUT2D eigenvalue weighted by Crippen LogP contribution is -2.68. The molecule has 0 aromatic heterocycles. The van der Waals surface area contributed by atoms with E-state index in [1.165, 1.54) is 0 Å². The molecule has 0 aliphatic carbocycles. The zero-order valence-electron chi connectivity index (χ0n) is 10.7. The summed E-state index contributed by atoms with van der Waals surface area (Å²) in [6.45, 7) is 2.88. The van der Waals surface area contributed by atoms with Gasteiger partial charge in [0.05, 0.1) is 0 Å². The van der Waals surface area contributed by atoms with Crippen molar-refractivity contribution in [3.63, 3.8) is 0 Å². The van der Waals surface area contributed by atoms with E-state index in [0.717, 1.165) is 36.1 Å². The lowest BCUT2D eigenvalue weighted by Gasteiger charge is -2.52. The number of halogens is 1. The molecule has 3 aliphatic rings. The van der Waals surface area contributed by atoms with E-state index in [1.807, 2.05) is 24.3 Å². The second kappa shape index (κ2) is 4.80. The number of hydrogen-bond acceptors (Lipinski definition) is 3. The first-order valence-corrected chi connectivity index (χ1v) is 7.46. The Balaban J connectivity index is 1.94. The van der Waals surface area contributed by atoms with E-state index in [1.54, 1.807) is 0 Å². The quantitative estimate of drug-likeness (QED) is 0.892. The van der Waals surface area contributed by atoms with Gasteiger partial charge in [-0.25, -0.2) is 0 Å². The SMILES string of the molecule is NC(=O)C1(Nc2ccccc2Br)CN2CCC1CC2. The topological polar surface area (TPSA) is 58.4 Å². The number of fused-ring (bicyclic) bond motifs is 3. The molecule has 0 radical (unpaired) electrons. The highest BCUT2D eigenvalue weighted by atomic mass is 79.9. The second-order valence-corrected chi connectivity index (χ2v) is 6.35. The summed E-state index contributed by atoms with van der Waals surface area (Å²) in [5.41, 5.74) is 6.06. The zero-order chi connectivity index (χ0) is 13.5. The van der Waals surface area contributed by atoms with E-state index >= 15 is 0 Å². The molecule has 19 heavy (non-hydrogen) atoms. The number of anilines is 1. The van der Waals surface area contributed by atoms with E-state index in [4.69, 9.17) is 5.73 Å². The summed E-state index contributed by atoms with van der Waals surface area (Å²) in [4.78, 5) is 14.4. The van der Waals surface area contributed by atoms with Gasteiger partial charge < -0.3 is 16.0 Å². The average molecular weight is 324 g/mol. The van der Waals surface area contributed by atoms with Crippen LogP contribution in [0.4, 0.5) is 5.69 Å². The molecule has 1 aromatic rings. The number of nitrogens with zero attached hydrogens (tertiary/aromatic N) is 1. The molecule has 3 aliphatic heterocycles. The normalized spacial score (nSPS) is 33.1. The Morgan fingerprint density at radius 2 is 2.05 bits per heavy atom. The number of para-hydroxylation sites is 1. The standard InChI is InChI=1S/C14H18BrN3O/c15-11-3-1-2-4-12(11)17-14(13(16)19)9-18-7-5-10(14)6-8-18/h1-4,10,17H,5-9H2,(H2,16,19). The Kier molecular flexibility index (Phi) is 3.27. The molecule has 0 saturated carbocycles. The summed E-state index contributed by atoms with van der Waals surface area (Å²) in [6.07, 6.45) is 2.08. The van der Waals surface area contributed by atoms with Gasteiger partial charge >= 0.3 is 0 Å². The van der Waals surface area contributed by atoms with Gasteiger partial charge in [0.25, 0.3) is 0 Å². The van der Waals surface area contributed by atoms with E-state index in [-0.39, 0.29) is 5.91 Å². The van der Waals surface area contributed by atoms with Crippen LogP contribution in [0.3, 0.4) is 0 Å². The molecule has 5 heteroatoms. The van der Waals surface area contributed by atoms with Crippen molar-refractivity contribution in [2.45, 2.75) is 18.4 Å². The van der Waals surface area contributed by atoms with Crippen LogP contribution in [0.1, 0.15) is 12.8 Å².